The minimum atomic E-state index is -2.94. The van der Waals surface area contributed by atoms with Crippen molar-refractivity contribution in [2.45, 2.75) is 63.3 Å². The number of hydrogen-bond donors (Lipinski definition) is 3. The Labute approximate surface area is 347 Å². The Morgan fingerprint density at radius 1 is 0.984 bits per heavy atom. The van der Waals surface area contributed by atoms with Crippen LogP contribution in [0.3, 0.4) is 0 Å². The lowest BCUT2D eigenvalue weighted by Gasteiger charge is -2.32. The highest BCUT2D eigenvalue weighted by Crippen LogP contribution is 2.35. The fourth-order valence-corrected chi connectivity index (χ4v) is 9.10. The third kappa shape index (κ3) is 7.16. The number of anilines is 3. The quantitative estimate of drug-likeness (QED) is 0.164. The molecule has 4 saturated heterocycles. The van der Waals surface area contributed by atoms with Gasteiger partial charge < -0.3 is 20.3 Å². The van der Waals surface area contributed by atoms with Crippen LogP contribution in [0.5, 0.6) is 0 Å². The molecule has 5 aliphatic heterocycles. The molecule has 5 aromatic rings. The molecule has 0 saturated carbocycles. The van der Waals surface area contributed by atoms with Crippen LogP contribution in [0.2, 0.25) is 0 Å². The van der Waals surface area contributed by atoms with Crippen LogP contribution in [-0.2, 0) is 20.9 Å². The average Bonchev–Trinajstić information content (AvgIpc) is 4.11. The number of rotatable bonds is 11. The number of aromatic nitrogens is 5. The summed E-state index contributed by atoms with van der Waals surface area (Å²) in [6, 6.07) is 13.5. The van der Waals surface area contributed by atoms with E-state index in [9.17, 15) is 32.8 Å². The van der Waals surface area contributed by atoms with E-state index in [0.717, 1.165) is 42.8 Å². The second kappa shape index (κ2) is 15.5. The lowest BCUT2D eigenvalue weighted by atomic mass is 9.96. The molecule has 4 fully saturated rings. The summed E-state index contributed by atoms with van der Waals surface area (Å²) < 4.78 is 37.0. The van der Waals surface area contributed by atoms with Gasteiger partial charge in [-0.2, -0.15) is 10.2 Å². The summed E-state index contributed by atoms with van der Waals surface area (Å²) in [5.74, 6) is -1.76. The van der Waals surface area contributed by atoms with Crippen molar-refractivity contribution in [1.82, 2.24) is 39.5 Å². The zero-order valence-corrected chi connectivity index (χ0v) is 32.8. The number of nitrogens with one attached hydrogen (secondary N) is 3. The lowest BCUT2D eigenvalue weighted by Crippen LogP contribution is -2.54. The molecule has 5 amide bonds. The van der Waals surface area contributed by atoms with Gasteiger partial charge in [-0.25, -0.2) is 23.0 Å². The van der Waals surface area contributed by atoms with E-state index in [-0.39, 0.29) is 47.4 Å². The van der Waals surface area contributed by atoms with Crippen molar-refractivity contribution in [3.63, 3.8) is 0 Å². The van der Waals surface area contributed by atoms with Crippen molar-refractivity contribution < 1.29 is 37.5 Å². The third-order valence-electron chi connectivity index (χ3n) is 12.4. The molecule has 3 N–H and O–H groups in total. The summed E-state index contributed by atoms with van der Waals surface area (Å²) >= 11 is 0. The maximum absolute atomic E-state index is 14.2. The Kier molecular flexibility index (Phi) is 9.78. The highest BCUT2D eigenvalue weighted by Gasteiger charge is 2.46. The molecule has 314 valence electrons. The average molecular weight is 834 g/mol. The van der Waals surface area contributed by atoms with Crippen LogP contribution < -0.4 is 20.9 Å². The standard InChI is InChI=1S/C42H41F2N11O6/c43-37(44)36-31(47-39(57)29-18-46-53-15-12-33(48-38(29)53)52-20-27-16-26(52)22-61-27)21-54(50-36)25-6-4-24(5-7-25)19-51-13-10-23(11-14-51)17-45-30-3-1-2-28-35(30)42(60)55(41(28)59)32-8-9-34(56)49-40(32)58/h1-7,12,15,18,21,23,26-27,32,37,45H,8-11,13-14,16-17,19-20,22H2,(H,47,57)(H,49,56,58)/t26?,27-,32?/m1/s1. The molecule has 3 atom stereocenters. The monoisotopic (exact) mass is 833 g/mol. The van der Waals surface area contributed by atoms with Gasteiger partial charge in [0, 0.05) is 37.9 Å². The highest BCUT2D eigenvalue weighted by molar-refractivity contribution is 6.25. The van der Waals surface area contributed by atoms with Crippen LogP contribution in [0, 0.1) is 5.92 Å². The number of amides is 5. The molecule has 8 heterocycles. The Balaban J connectivity index is 0.744. The topological polar surface area (TPSA) is 188 Å². The van der Waals surface area contributed by atoms with Gasteiger partial charge in [0.15, 0.2) is 11.3 Å². The van der Waals surface area contributed by atoms with Gasteiger partial charge in [-0.3, -0.25) is 39.1 Å². The van der Waals surface area contributed by atoms with Gasteiger partial charge >= 0.3 is 0 Å². The van der Waals surface area contributed by atoms with E-state index in [4.69, 9.17) is 9.72 Å². The number of benzene rings is 2. The van der Waals surface area contributed by atoms with Crippen LogP contribution >= 0.6 is 0 Å². The second-order valence-electron chi connectivity index (χ2n) is 16.2. The first-order chi connectivity index (χ1) is 29.6. The van der Waals surface area contributed by atoms with Gasteiger partial charge in [0.05, 0.1) is 53.6 Å². The number of likely N-dealkylation sites (tertiary alicyclic amines) is 1. The fourth-order valence-electron chi connectivity index (χ4n) is 9.10. The third-order valence-corrected chi connectivity index (χ3v) is 12.4. The Bertz CT molecular complexity index is 2590. The van der Waals surface area contributed by atoms with E-state index in [1.165, 1.54) is 21.6 Å². The first-order valence-corrected chi connectivity index (χ1v) is 20.4. The van der Waals surface area contributed by atoms with E-state index in [2.05, 4.69) is 35.9 Å². The van der Waals surface area contributed by atoms with Gasteiger partial charge in [-0.05, 0) is 80.6 Å². The Hall–Kier alpha value is -6.60. The maximum Gasteiger partial charge on any atom is 0.284 e. The molecule has 0 radical (unpaired) electrons. The highest BCUT2D eigenvalue weighted by atomic mass is 19.3. The molecular formula is C42H41F2N11O6. The summed E-state index contributed by atoms with van der Waals surface area (Å²) in [5.41, 5.74) is 2.40. The molecule has 2 bridgehead atoms. The van der Waals surface area contributed by atoms with Gasteiger partial charge in [-0.1, -0.05) is 18.2 Å². The molecule has 3 aromatic heterocycles. The number of fused-ring (bicyclic) bond motifs is 4. The number of alkyl halides is 2. The molecule has 2 unspecified atom stereocenters. The number of carbonyl (C=O) groups excluding carboxylic acids is 5. The number of halogens is 2. The van der Waals surface area contributed by atoms with E-state index >= 15 is 0 Å². The molecule has 19 heteroatoms. The van der Waals surface area contributed by atoms with Gasteiger partial charge in [0.25, 0.3) is 24.1 Å². The van der Waals surface area contributed by atoms with Gasteiger partial charge in [0.2, 0.25) is 11.8 Å². The van der Waals surface area contributed by atoms with Crippen LogP contribution in [0.15, 0.2) is 67.1 Å². The predicted octanol–water partition coefficient (Wildman–Crippen LogP) is 3.81. The Morgan fingerprint density at radius 2 is 1.80 bits per heavy atom. The van der Waals surface area contributed by atoms with Crippen LogP contribution in [-0.4, -0.2) is 115 Å². The Morgan fingerprint density at radius 3 is 2.54 bits per heavy atom. The SMILES string of the molecule is O=C1CCC(N2C(=O)c3cccc(NCC4CCN(Cc5ccc(-n6cc(NC(=O)c7cnn8ccc(N9C[C@H]%10CC9CO%10)nc78)c(C(F)F)n6)cc5)CC4)c3C2=O)C(=O)N1. The van der Waals surface area contributed by atoms with E-state index in [1.54, 1.807) is 36.5 Å². The van der Waals surface area contributed by atoms with Crippen LogP contribution in [0.1, 0.15) is 80.9 Å². The van der Waals surface area contributed by atoms with Gasteiger partial charge in [0.1, 0.15) is 17.4 Å². The zero-order valence-electron chi connectivity index (χ0n) is 32.8. The largest absolute Gasteiger partial charge is 0.384 e. The second-order valence-corrected chi connectivity index (χ2v) is 16.2. The zero-order chi connectivity index (χ0) is 41.9. The predicted molar refractivity (Wildman–Crippen MR) is 215 cm³/mol. The number of morpholine rings is 1. The number of carbonyl (C=O) groups is 5. The maximum atomic E-state index is 14.2. The van der Waals surface area contributed by atoms with E-state index < -0.39 is 47.7 Å². The van der Waals surface area contributed by atoms with Crippen molar-refractivity contribution in [2.75, 3.05) is 48.3 Å². The fraction of sp³-hybridized carbons (Fsp3) is 0.381. The smallest absolute Gasteiger partial charge is 0.284 e. The molecule has 5 aliphatic rings. The molecule has 0 spiro atoms. The number of piperidine rings is 2. The van der Waals surface area contributed by atoms with Crippen LogP contribution in [0.4, 0.5) is 26.0 Å². The van der Waals surface area contributed by atoms with Crippen molar-refractivity contribution in [3.05, 3.63) is 95.1 Å². The van der Waals surface area contributed by atoms with E-state index in [0.29, 0.717) is 55.0 Å². The summed E-state index contributed by atoms with van der Waals surface area (Å²) in [6.07, 6.45) is 4.57. The molecule has 0 aliphatic carbocycles. The van der Waals surface area contributed by atoms with Crippen molar-refractivity contribution >= 4 is 52.4 Å². The van der Waals surface area contributed by atoms with Crippen LogP contribution in [0.25, 0.3) is 11.3 Å². The summed E-state index contributed by atoms with van der Waals surface area (Å²) in [6.45, 7) is 4.29. The van der Waals surface area contributed by atoms with E-state index in [1.807, 2.05) is 18.2 Å². The molecular weight excluding hydrogens is 793 g/mol. The molecule has 17 nitrogen and oxygen atoms in total. The van der Waals surface area contributed by atoms with Crippen molar-refractivity contribution in [1.29, 1.82) is 0 Å². The molecule has 2 aromatic carbocycles. The minimum absolute atomic E-state index is 0.0563. The number of hydrogen-bond acceptors (Lipinski definition) is 12. The first kappa shape index (κ1) is 38.6. The summed E-state index contributed by atoms with van der Waals surface area (Å²) in [5, 5.41) is 16.6. The minimum Gasteiger partial charge on any atom is -0.384 e. The molecule has 10 rings (SSSR count). The summed E-state index contributed by atoms with van der Waals surface area (Å²) in [4.78, 5) is 74.5. The van der Waals surface area contributed by atoms with Crippen molar-refractivity contribution in [2.24, 2.45) is 5.92 Å². The lowest BCUT2D eigenvalue weighted by molar-refractivity contribution is -0.136. The number of nitrogens with zero attached hydrogens (tertiary/aromatic N) is 8. The number of ether oxygens (including phenoxy) is 1. The summed E-state index contributed by atoms with van der Waals surface area (Å²) in [7, 11) is 0. The first-order valence-electron chi connectivity index (χ1n) is 20.4. The number of imide groups is 2. The molecule has 61 heavy (non-hydrogen) atoms. The normalized spacial score (nSPS) is 21.9. The van der Waals surface area contributed by atoms with Gasteiger partial charge in [-0.15, -0.1) is 0 Å². The van der Waals surface area contributed by atoms with Crippen molar-refractivity contribution in [3.8, 4) is 5.69 Å².